The quantitative estimate of drug-likeness (QED) is 0.743. The van der Waals surface area contributed by atoms with Gasteiger partial charge in [0.05, 0.1) is 0 Å². The predicted molar refractivity (Wildman–Crippen MR) is 65.6 cm³/mol. The fraction of sp³-hybridized carbons (Fsp3) is 0.385. The van der Waals surface area contributed by atoms with Gasteiger partial charge in [0, 0.05) is 24.8 Å². The van der Waals surface area contributed by atoms with Crippen molar-refractivity contribution in [2.75, 3.05) is 6.54 Å². The molecule has 0 radical (unpaired) electrons. The van der Waals surface area contributed by atoms with Gasteiger partial charge in [0.25, 0.3) is 0 Å². The second-order valence-corrected chi connectivity index (χ2v) is 3.93. The number of hydrogen-bond donors (Lipinski definition) is 2. The van der Waals surface area contributed by atoms with Crippen molar-refractivity contribution in [1.82, 2.24) is 10.6 Å². The van der Waals surface area contributed by atoms with Crippen LogP contribution in [0, 0.1) is 0 Å². The second kappa shape index (κ2) is 6.25. The Kier molecular flexibility index (Phi) is 4.91. The fourth-order valence-electron chi connectivity index (χ4n) is 1.29. The summed E-state index contributed by atoms with van der Waals surface area (Å²) in [6.45, 7) is 9.78. The molecule has 0 aromatic heterocycles. The van der Waals surface area contributed by atoms with Gasteiger partial charge in [-0.15, -0.1) is 0 Å². The fourth-order valence-corrected chi connectivity index (χ4v) is 1.29. The second-order valence-electron chi connectivity index (χ2n) is 3.93. The first-order valence-corrected chi connectivity index (χ1v) is 5.35. The molecule has 0 unspecified atom stereocenters. The molecular weight excluding hydrogens is 184 g/mol. The summed E-state index contributed by atoms with van der Waals surface area (Å²) in [6, 6.07) is 10.9. The van der Waals surface area contributed by atoms with Crippen molar-refractivity contribution in [3.63, 3.8) is 0 Å². The maximum Gasteiger partial charge on any atom is 0.0295 e. The van der Waals surface area contributed by atoms with Crippen molar-refractivity contribution in [1.29, 1.82) is 0 Å². The molecule has 0 saturated carbocycles. The molecule has 2 heteroatoms. The van der Waals surface area contributed by atoms with Gasteiger partial charge in [-0.3, -0.25) is 0 Å². The first-order chi connectivity index (χ1) is 7.18. The summed E-state index contributed by atoms with van der Waals surface area (Å²) >= 11 is 0. The Morgan fingerprint density at radius 1 is 1.33 bits per heavy atom. The first-order valence-electron chi connectivity index (χ1n) is 5.35. The van der Waals surface area contributed by atoms with Gasteiger partial charge in [0.2, 0.25) is 0 Å². The van der Waals surface area contributed by atoms with Crippen molar-refractivity contribution in [2.45, 2.75) is 26.4 Å². The van der Waals surface area contributed by atoms with Crippen LogP contribution in [0.1, 0.15) is 19.4 Å². The van der Waals surface area contributed by atoms with Crippen molar-refractivity contribution in [2.24, 2.45) is 0 Å². The van der Waals surface area contributed by atoms with E-state index in [2.05, 4.69) is 48.4 Å². The molecule has 0 bridgehead atoms. The van der Waals surface area contributed by atoms with Crippen LogP contribution in [-0.4, -0.2) is 12.6 Å². The molecule has 82 valence electrons. The third kappa shape index (κ3) is 5.23. The Balaban J connectivity index is 2.22. The molecule has 1 aromatic rings. The van der Waals surface area contributed by atoms with Gasteiger partial charge < -0.3 is 10.6 Å². The van der Waals surface area contributed by atoms with E-state index in [0.717, 1.165) is 18.8 Å². The zero-order valence-electron chi connectivity index (χ0n) is 9.59. The molecule has 1 aromatic carbocycles. The van der Waals surface area contributed by atoms with E-state index in [-0.39, 0.29) is 0 Å². The largest absolute Gasteiger partial charge is 0.387 e. The van der Waals surface area contributed by atoms with Gasteiger partial charge >= 0.3 is 0 Å². The van der Waals surface area contributed by atoms with Gasteiger partial charge in [-0.2, -0.15) is 0 Å². The van der Waals surface area contributed by atoms with Crippen molar-refractivity contribution < 1.29 is 0 Å². The monoisotopic (exact) mass is 204 g/mol. The van der Waals surface area contributed by atoms with E-state index in [0.29, 0.717) is 6.04 Å². The molecule has 0 heterocycles. The smallest absolute Gasteiger partial charge is 0.0295 e. The summed E-state index contributed by atoms with van der Waals surface area (Å²) in [5.41, 5.74) is 2.34. The third-order valence-corrected chi connectivity index (χ3v) is 2.21. The highest BCUT2D eigenvalue weighted by atomic mass is 15.0. The van der Waals surface area contributed by atoms with E-state index < -0.39 is 0 Å². The Hall–Kier alpha value is -1.28. The lowest BCUT2D eigenvalue weighted by Crippen LogP contribution is -2.35. The van der Waals surface area contributed by atoms with Crippen LogP contribution in [0.5, 0.6) is 0 Å². The van der Waals surface area contributed by atoms with Crippen LogP contribution in [0.2, 0.25) is 0 Å². The Labute approximate surface area is 92.4 Å². The molecule has 0 amide bonds. The van der Waals surface area contributed by atoms with Gasteiger partial charge in [0.15, 0.2) is 0 Å². The van der Waals surface area contributed by atoms with E-state index in [1.165, 1.54) is 5.56 Å². The zero-order chi connectivity index (χ0) is 11.1. The van der Waals surface area contributed by atoms with Crippen LogP contribution >= 0.6 is 0 Å². The van der Waals surface area contributed by atoms with Crippen LogP contribution in [-0.2, 0) is 6.54 Å². The lowest BCUT2D eigenvalue weighted by Gasteiger charge is -2.15. The highest BCUT2D eigenvalue weighted by molar-refractivity contribution is 5.14. The van der Waals surface area contributed by atoms with Crippen LogP contribution < -0.4 is 10.6 Å². The minimum atomic E-state index is 0.446. The summed E-state index contributed by atoms with van der Waals surface area (Å²) in [5, 5.41) is 6.68. The van der Waals surface area contributed by atoms with E-state index in [4.69, 9.17) is 0 Å². The number of allylic oxidation sites excluding steroid dienone is 1. The maximum atomic E-state index is 3.81. The van der Waals surface area contributed by atoms with Crippen LogP contribution in [0.4, 0.5) is 0 Å². The molecule has 0 spiro atoms. The summed E-state index contributed by atoms with van der Waals surface area (Å²) < 4.78 is 0. The SMILES string of the molecule is C=C(C)NC[C@H](C)NCc1ccccc1. The summed E-state index contributed by atoms with van der Waals surface area (Å²) in [4.78, 5) is 0. The van der Waals surface area contributed by atoms with Gasteiger partial charge in [-0.05, 0) is 19.4 Å². The van der Waals surface area contributed by atoms with E-state index >= 15 is 0 Å². The third-order valence-electron chi connectivity index (χ3n) is 2.21. The van der Waals surface area contributed by atoms with Gasteiger partial charge in [-0.1, -0.05) is 36.9 Å². The number of benzene rings is 1. The summed E-state index contributed by atoms with van der Waals surface area (Å²) in [7, 11) is 0. The Morgan fingerprint density at radius 3 is 2.60 bits per heavy atom. The Morgan fingerprint density at radius 2 is 2.00 bits per heavy atom. The normalized spacial score (nSPS) is 12.1. The van der Waals surface area contributed by atoms with E-state index in [9.17, 15) is 0 Å². The average molecular weight is 204 g/mol. The number of hydrogen-bond acceptors (Lipinski definition) is 2. The summed E-state index contributed by atoms with van der Waals surface area (Å²) in [6.07, 6.45) is 0. The zero-order valence-corrected chi connectivity index (χ0v) is 9.59. The standard InChI is InChI=1S/C13H20N2/c1-11(2)14-9-12(3)15-10-13-7-5-4-6-8-13/h4-8,12,14-15H,1,9-10H2,2-3H3/t12-/m0/s1. The summed E-state index contributed by atoms with van der Waals surface area (Å²) in [5.74, 6) is 0. The molecule has 1 atom stereocenters. The Bertz CT molecular complexity index is 293. The molecule has 1 rings (SSSR count). The molecule has 0 aliphatic carbocycles. The lowest BCUT2D eigenvalue weighted by molar-refractivity contribution is 0.525. The first kappa shape index (κ1) is 11.8. The molecule has 0 saturated heterocycles. The topological polar surface area (TPSA) is 24.1 Å². The van der Waals surface area contributed by atoms with E-state index in [1.807, 2.05) is 13.0 Å². The van der Waals surface area contributed by atoms with E-state index in [1.54, 1.807) is 0 Å². The maximum absolute atomic E-state index is 3.81. The average Bonchev–Trinajstić information content (AvgIpc) is 2.25. The minimum Gasteiger partial charge on any atom is -0.387 e. The molecule has 2 nitrogen and oxygen atoms in total. The molecule has 15 heavy (non-hydrogen) atoms. The van der Waals surface area contributed by atoms with Crippen LogP contribution in [0.3, 0.4) is 0 Å². The molecule has 0 aliphatic heterocycles. The molecular formula is C13H20N2. The van der Waals surface area contributed by atoms with Crippen LogP contribution in [0.15, 0.2) is 42.6 Å². The highest BCUT2D eigenvalue weighted by Gasteiger charge is 1.99. The van der Waals surface area contributed by atoms with Crippen molar-refractivity contribution in [3.05, 3.63) is 48.2 Å². The van der Waals surface area contributed by atoms with Crippen LogP contribution in [0.25, 0.3) is 0 Å². The number of rotatable bonds is 6. The lowest BCUT2D eigenvalue weighted by atomic mass is 10.2. The highest BCUT2D eigenvalue weighted by Crippen LogP contribution is 1.97. The molecule has 0 fully saturated rings. The van der Waals surface area contributed by atoms with Gasteiger partial charge in [-0.25, -0.2) is 0 Å². The predicted octanol–water partition coefficient (Wildman–Crippen LogP) is 2.29. The van der Waals surface area contributed by atoms with Gasteiger partial charge in [0.1, 0.15) is 0 Å². The van der Waals surface area contributed by atoms with Crippen molar-refractivity contribution >= 4 is 0 Å². The molecule has 2 N–H and O–H groups in total. The van der Waals surface area contributed by atoms with Crippen molar-refractivity contribution in [3.8, 4) is 0 Å². The number of nitrogens with one attached hydrogen (secondary N) is 2. The molecule has 0 aliphatic rings. The minimum absolute atomic E-state index is 0.446.